The molecule has 2 fully saturated rings. The number of rotatable bonds is 4. The Morgan fingerprint density at radius 2 is 2.12 bits per heavy atom. The molecule has 6 nitrogen and oxygen atoms in total. The van der Waals surface area contributed by atoms with Crippen LogP contribution in [-0.4, -0.2) is 34.4 Å². The molecule has 3 rings (SSSR count). The van der Waals surface area contributed by atoms with Crippen molar-refractivity contribution >= 4 is 22.8 Å². The van der Waals surface area contributed by atoms with Gasteiger partial charge in [0.15, 0.2) is 5.82 Å². The zero-order valence-electron chi connectivity index (χ0n) is 15.3. The normalized spacial score (nSPS) is 26.4. The van der Waals surface area contributed by atoms with Crippen LogP contribution in [0.1, 0.15) is 51.5 Å². The van der Waals surface area contributed by atoms with Gasteiger partial charge in [-0.1, -0.05) is 26.8 Å². The molecule has 0 radical (unpaired) electrons. The van der Waals surface area contributed by atoms with E-state index in [-0.39, 0.29) is 29.3 Å². The van der Waals surface area contributed by atoms with Gasteiger partial charge in [-0.2, -0.15) is 0 Å². The van der Waals surface area contributed by atoms with Crippen LogP contribution in [0, 0.1) is 11.2 Å². The first-order valence-electron chi connectivity index (χ1n) is 8.89. The number of carbonyl (C=O) groups excluding carboxylic acids is 1. The standard InChI is InChI=1S/C18H26FN3O3S/c1-18(2,3)7-6-12-8-11(9-20-12)13-4-5-14(23)17(16(13)19)22-10-15(24)21-26(22)25/h4-5,11-12,20,23H,6-10H2,1-3H3,(H,21,24). The van der Waals surface area contributed by atoms with Gasteiger partial charge >= 0.3 is 0 Å². The second kappa shape index (κ2) is 7.15. The fraction of sp³-hybridized carbons (Fsp3) is 0.611. The van der Waals surface area contributed by atoms with Crippen molar-refractivity contribution in [3.8, 4) is 5.75 Å². The van der Waals surface area contributed by atoms with E-state index in [2.05, 4.69) is 30.8 Å². The molecule has 26 heavy (non-hydrogen) atoms. The molecule has 144 valence electrons. The van der Waals surface area contributed by atoms with Gasteiger partial charge < -0.3 is 10.4 Å². The largest absolute Gasteiger partial charge is 0.506 e. The molecule has 2 heterocycles. The first-order chi connectivity index (χ1) is 12.2. The lowest BCUT2D eigenvalue weighted by Gasteiger charge is -2.21. The van der Waals surface area contributed by atoms with E-state index >= 15 is 4.39 Å². The van der Waals surface area contributed by atoms with Gasteiger partial charge in [0.25, 0.3) is 5.91 Å². The highest BCUT2D eigenvalue weighted by Gasteiger charge is 2.34. The second-order valence-electron chi connectivity index (χ2n) is 8.28. The van der Waals surface area contributed by atoms with E-state index in [1.54, 1.807) is 6.07 Å². The molecule has 0 bridgehead atoms. The Kier molecular flexibility index (Phi) is 5.25. The highest BCUT2D eigenvalue weighted by molar-refractivity contribution is 7.85. The predicted octanol–water partition coefficient (Wildman–Crippen LogP) is 2.32. The summed E-state index contributed by atoms with van der Waals surface area (Å²) in [5.74, 6) is -1.39. The number of phenols is 1. The minimum absolute atomic E-state index is 0.0148. The highest BCUT2D eigenvalue weighted by Crippen LogP contribution is 2.39. The molecule has 1 aromatic rings. The van der Waals surface area contributed by atoms with E-state index in [9.17, 15) is 14.1 Å². The summed E-state index contributed by atoms with van der Waals surface area (Å²) in [5.41, 5.74) is 0.577. The smallest absolute Gasteiger partial charge is 0.253 e. The molecule has 1 aromatic carbocycles. The van der Waals surface area contributed by atoms with Gasteiger partial charge in [-0.25, -0.2) is 8.60 Å². The van der Waals surface area contributed by atoms with Crippen LogP contribution >= 0.6 is 0 Å². The molecule has 8 heteroatoms. The van der Waals surface area contributed by atoms with E-state index < -0.39 is 22.9 Å². The summed E-state index contributed by atoms with van der Waals surface area (Å²) in [7, 11) is 0. The van der Waals surface area contributed by atoms with E-state index in [1.807, 2.05) is 0 Å². The number of nitrogens with one attached hydrogen (secondary N) is 2. The fourth-order valence-corrected chi connectivity index (χ4v) is 4.48. The molecular formula is C18H26FN3O3S. The van der Waals surface area contributed by atoms with Crippen LogP contribution in [0.25, 0.3) is 0 Å². The molecule has 3 atom stereocenters. The number of amides is 1. The Labute approximate surface area is 155 Å². The van der Waals surface area contributed by atoms with Crippen LogP contribution in [0.4, 0.5) is 10.1 Å². The van der Waals surface area contributed by atoms with Crippen molar-refractivity contribution in [3.05, 3.63) is 23.5 Å². The zero-order valence-corrected chi connectivity index (χ0v) is 16.2. The van der Waals surface area contributed by atoms with Crippen molar-refractivity contribution in [1.29, 1.82) is 0 Å². The number of carbonyl (C=O) groups is 1. The van der Waals surface area contributed by atoms with Crippen molar-refractivity contribution in [1.82, 2.24) is 10.0 Å². The maximum atomic E-state index is 15.1. The minimum atomic E-state index is -1.87. The van der Waals surface area contributed by atoms with Gasteiger partial charge in [0.05, 0.1) is 0 Å². The van der Waals surface area contributed by atoms with Crippen molar-refractivity contribution in [2.45, 2.75) is 52.0 Å². The number of aromatic hydroxyl groups is 1. The summed E-state index contributed by atoms with van der Waals surface area (Å²) in [6.07, 6.45) is 2.93. The summed E-state index contributed by atoms with van der Waals surface area (Å²) in [5, 5.41) is 13.5. The van der Waals surface area contributed by atoms with Crippen LogP contribution < -0.4 is 14.3 Å². The average molecular weight is 383 g/mol. The third-order valence-electron chi connectivity index (χ3n) is 4.97. The van der Waals surface area contributed by atoms with E-state index in [1.165, 1.54) is 6.07 Å². The number of benzene rings is 1. The second-order valence-corrected chi connectivity index (χ2v) is 9.43. The number of phenolic OH excluding ortho intramolecular Hbond substituents is 1. The first kappa shape index (κ1) is 19.1. The van der Waals surface area contributed by atoms with Crippen LogP contribution in [0.2, 0.25) is 0 Å². The maximum Gasteiger partial charge on any atom is 0.253 e. The van der Waals surface area contributed by atoms with E-state index in [4.69, 9.17) is 0 Å². The summed E-state index contributed by atoms with van der Waals surface area (Å²) in [4.78, 5) is 11.4. The number of hydrogen-bond acceptors (Lipinski definition) is 4. The molecule has 0 saturated carbocycles. The molecule has 3 unspecified atom stereocenters. The Morgan fingerprint density at radius 3 is 2.73 bits per heavy atom. The van der Waals surface area contributed by atoms with Gasteiger partial charge in [0.1, 0.15) is 18.0 Å². The summed E-state index contributed by atoms with van der Waals surface area (Å²) < 4.78 is 30.4. The first-order valence-corrected chi connectivity index (χ1v) is 10.00. The van der Waals surface area contributed by atoms with Crippen LogP contribution in [0.5, 0.6) is 5.75 Å². The number of halogens is 1. The third kappa shape index (κ3) is 4.01. The van der Waals surface area contributed by atoms with Crippen molar-refractivity contribution < 1.29 is 18.5 Å². The van der Waals surface area contributed by atoms with E-state index in [0.29, 0.717) is 18.2 Å². The summed E-state index contributed by atoms with van der Waals surface area (Å²) in [6, 6.07) is 3.33. The van der Waals surface area contributed by atoms with Gasteiger partial charge in [-0.05, 0) is 36.3 Å². The summed E-state index contributed by atoms with van der Waals surface area (Å²) in [6.45, 7) is 7.04. The van der Waals surface area contributed by atoms with Crippen molar-refractivity contribution in [2.75, 3.05) is 17.4 Å². The number of hydrogen-bond donors (Lipinski definition) is 3. The molecule has 3 N–H and O–H groups in total. The van der Waals surface area contributed by atoms with E-state index in [0.717, 1.165) is 23.6 Å². The lowest BCUT2D eigenvalue weighted by molar-refractivity contribution is -0.117. The lowest BCUT2D eigenvalue weighted by atomic mass is 9.87. The Hall–Kier alpha value is -1.67. The predicted molar refractivity (Wildman–Crippen MR) is 99.5 cm³/mol. The molecule has 2 aliphatic rings. The van der Waals surface area contributed by atoms with Crippen molar-refractivity contribution in [3.63, 3.8) is 0 Å². The van der Waals surface area contributed by atoms with Gasteiger partial charge in [0.2, 0.25) is 11.2 Å². The number of nitrogens with zero attached hydrogens (tertiary/aromatic N) is 1. The molecule has 0 aliphatic carbocycles. The zero-order chi connectivity index (χ0) is 19.1. The molecule has 2 saturated heterocycles. The van der Waals surface area contributed by atoms with Gasteiger partial charge in [0, 0.05) is 18.5 Å². The van der Waals surface area contributed by atoms with Crippen LogP contribution in [-0.2, 0) is 16.0 Å². The fourth-order valence-electron chi connectivity index (χ4n) is 3.54. The average Bonchev–Trinajstić information content (AvgIpc) is 3.12. The minimum Gasteiger partial charge on any atom is -0.506 e. The van der Waals surface area contributed by atoms with Gasteiger partial charge in [-0.15, -0.1) is 0 Å². The topological polar surface area (TPSA) is 81.7 Å². The Morgan fingerprint density at radius 1 is 1.38 bits per heavy atom. The molecule has 0 spiro atoms. The Bertz CT molecular complexity index is 735. The molecular weight excluding hydrogens is 357 g/mol. The quantitative estimate of drug-likeness (QED) is 0.745. The molecule has 1 amide bonds. The Balaban J connectivity index is 1.78. The monoisotopic (exact) mass is 383 g/mol. The maximum absolute atomic E-state index is 15.1. The lowest BCUT2D eigenvalue weighted by Crippen LogP contribution is -2.24. The summed E-state index contributed by atoms with van der Waals surface area (Å²) >= 11 is -1.87. The van der Waals surface area contributed by atoms with Crippen LogP contribution in [0.3, 0.4) is 0 Å². The van der Waals surface area contributed by atoms with Gasteiger partial charge in [-0.3, -0.25) is 13.8 Å². The highest BCUT2D eigenvalue weighted by atomic mass is 32.2. The molecule has 0 aromatic heterocycles. The third-order valence-corrected chi connectivity index (χ3v) is 6.08. The van der Waals surface area contributed by atoms with Crippen LogP contribution in [0.15, 0.2) is 12.1 Å². The SMILES string of the molecule is CC(C)(C)CCC1CC(c2ccc(O)c(N3CC(=O)NS3=O)c2F)CN1. The number of anilines is 1. The van der Waals surface area contributed by atoms with Crippen molar-refractivity contribution in [2.24, 2.45) is 5.41 Å². The molecule has 2 aliphatic heterocycles.